The highest BCUT2D eigenvalue weighted by Gasteiger charge is 2.57. The van der Waals surface area contributed by atoms with E-state index in [9.17, 15) is 10.1 Å². The van der Waals surface area contributed by atoms with E-state index in [1.165, 1.54) is 0 Å². The monoisotopic (exact) mass is 528 g/mol. The van der Waals surface area contributed by atoms with Gasteiger partial charge in [-0.25, -0.2) is 4.98 Å². The number of amides is 1. The van der Waals surface area contributed by atoms with Crippen LogP contribution in [-0.2, 0) is 17.9 Å². The molecule has 2 aliphatic carbocycles. The minimum atomic E-state index is -0.475. The van der Waals surface area contributed by atoms with Gasteiger partial charge >= 0.3 is 0 Å². The molecule has 1 spiro atoms. The van der Waals surface area contributed by atoms with E-state index in [0.29, 0.717) is 29.7 Å². The van der Waals surface area contributed by atoms with Gasteiger partial charge in [0.15, 0.2) is 5.82 Å². The minimum absolute atomic E-state index is 0.152. The van der Waals surface area contributed by atoms with Crippen molar-refractivity contribution in [2.45, 2.75) is 50.2 Å². The quantitative estimate of drug-likeness (QED) is 0.511. The Morgan fingerprint density at radius 3 is 2.63 bits per heavy atom. The fourth-order valence-corrected chi connectivity index (χ4v) is 7.00. The van der Waals surface area contributed by atoms with Crippen molar-refractivity contribution in [2.24, 2.45) is 5.41 Å². The van der Waals surface area contributed by atoms with Gasteiger partial charge in [-0.1, -0.05) is 17.7 Å². The number of halogens is 1. The molecule has 3 fully saturated rings. The maximum absolute atomic E-state index is 13.2. The van der Waals surface area contributed by atoms with Gasteiger partial charge in [-0.3, -0.25) is 14.3 Å². The Labute approximate surface area is 226 Å². The number of benzene rings is 1. The molecular formula is C28H29ClN8O. The number of fused-ring (bicyclic) bond motifs is 3. The molecule has 1 saturated heterocycles. The second kappa shape index (κ2) is 8.26. The third kappa shape index (κ3) is 3.54. The first kappa shape index (κ1) is 23.6. The van der Waals surface area contributed by atoms with Crippen LogP contribution in [-0.4, -0.2) is 68.2 Å². The van der Waals surface area contributed by atoms with E-state index in [2.05, 4.69) is 36.6 Å². The highest BCUT2D eigenvalue weighted by atomic mass is 35.5. The second-order valence-electron chi connectivity index (χ2n) is 11.6. The zero-order chi connectivity index (χ0) is 26.2. The van der Waals surface area contributed by atoms with E-state index >= 15 is 0 Å². The maximum Gasteiger partial charge on any atom is 0.242 e. The van der Waals surface area contributed by atoms with E-state index in [4.69, 9.17) is 16.7 Å². The molecule has 2 saturated carbocycles. The number of carbonyl (C=O) groups excluding carboxylic acids is 1. The standard InChI is InChI=1S/C28H29ClN8O/c1-34(2)26(38)28(8-9-28)36-14-18-10-20(29)6-7-22(18)37-24(15-36)32-33-25(37)19-11-27(12-19)16-35(17-27)23-5-3-4-21(13-30)31-23/h3-7,10,19H,8-9,11-12,14-17H2,1-2H3. The first-order chi connectivity index (χ1) is 18.3. The molecule has 0 N–H and O–H groups in total. The highest BCUT2D eigenvalue weighted by molar-refractivity contribution is 6.30. The van der Waals surface area contributed by atoms with Gasteiger partial charge in [-0.05, 0) is 61.6 Å². The van der Waals surface area contributed by atoms with Gasteiger partial charge < -0.3 is 9.80 Å². The van der Waals surface area contributed by atoms with Gasteiger partial charge in [0.2, 0.25) is 5.91 Å². The van der Waals surface area contributed by atoms with Crippen molar-refractivity contribution in [2.75, 3.05) is 32.1 Å². The third-order valence-electron chi connectivity index (χ3n) is 8.81. The Morgan fingerprint density at radius 1 is 1.13 bits per heavy atom. The largest absolute Gasteiger partial charge is 0.355 e. The van der Waals surface area contributed by atoms with Crippen LogP contribution in [0.25, 0.3) is 5.69 Å². The SMILES string of the molecule is CN(C)C(=O)C1(N2Cc3cc(Cl)ccc3-n3c(nnc3C3CC4(C3)CN(c3cccc(C#N)n3)C4)C2)CC1. The second-order valence-corrected chi connectivity index (χ2v) is 12.1. The van der Waals surface area contributed by atoms with Crippen molar-refractivity contribution in [3.63, 3.8) is 0 Å². The van der Waals surface area contributed by atoms with Crippen LogP contribution in [0.3, 0.4) is 0 Å². The molecule has 10 heteroatoms. The highest BCUT2D eigenvalue weighted by Crippen LogP contribution is 2.57. The number of rotatable bonds is 4. The van der Waals surface area contributed by atoms with Gasteiger partial charge in [0.1, 0.15) is 28.9 Å². The average molecular weight is 529 g/mol. The van der Waals surface area contributed by atoms with Crippen LogP contribution in [0.1, 0.15) is 54.5 Å². The van der Waals surface area contributed by atoms with E-state index in [0.717, 1.165) is 67.5 Å². The maximum atomic E-state index is 13.2. The number of aromatic nitrogens is 4. The van der Waals surface area contributed by atoms with Crippen molar-refractivity contribution in [3.8, 4) is 11.8 Å². The Bertz CT molecular complexity index is 1490. The number of nitriles is 1. The smallest absolute Gasteiger partial charge is 0.242 e. The zero-order valence-electron chi connectivity index (χ0n) is 21.6. The molecule has 9 nitrogen and oxygen atoms in total. The third-order valence-corrected chi connectivity index (χ3v) is 9.05. The molecule has 2 aliphatic heterocycles. The topological polar surface area (TPSA) is 94.2 Å². The molecule has 38 heavy (non-hydrogen) atoms. The summed E-state index contributed by atoms with van der Waals surface area (Å²) in [6.45, 7) is 3.12. The Balaban J connectivity index is 1.15. The van der Waals surface area contributed by atoms with Crippen LogP contribution in [0.4, 0.5) is 5.82 Å². The molecule has 0 radical (unpaired) electrons. The van der Waals surface area contributed by atoms with Gasteiger partial charge in [0, 0.05) is 50.1 Å². The number of pyridine rings is 1. The van der Waals surface area contributed by atoms with Crippen LogP contribution < -0.4 is 4.90 Å². The molecule has 3 aromatic rings. The van der Waals surface area contributed by atoms with E-state index in [1.807, 2.05) is 38.4 Å². The lowest BCUT2D eigenvalue weighted by Crippen LogP contribution is -2.62. The van der Waals surface area contributed by atoms with E-state index in [1.54, 1.807) is 11.0 Å². The van der Waals surface area contributed by atoms with E-state index in [-0.39, 0.29) is 11.3 Å². The van der Waals surface area contributed by atoms with Gasteiger partial charge in [-0.2, -0.15) is 5.26 Å². The number of carbonyl (C=O) groups is 1. The summed E-state index contributed by atoms with van der Waals surface area (Å²) in [4.78, 5) is 23.9. The summed E-state index contributed by atoms with van der Waals surface area (Å²) in [5, 5.41) is 19.3. The van der Waals surface area contributed by atoms with Crippen LogP contribution >= 0.6 is 11.6 Å². The summed E-state index contributed by atoms with van der Waals surface area (Å²) in [7, 11) is 3.66. The Morgan fingerprint density at radius 2 is 1.92 bits per heavy atom. The number of nitrogens with zero attached hydrogens (tertiary/aromatic N) is 8. The molecule has 1 amide bonds. The first-order valence-corrected chi connectivity index (χ1v) is 13.5. The Hall–Kier alpha value is -3.48. The predicted octanol–water partition coefficient (Wildman–Crippen LogP) is 3.51. The molecule has 0 unspecified atom stereocenters. The normalized spacial score (nSPS) is 20.9. The predicted molar refractivity (Wildman–Crippen MR) is 142 cm³/mol. The lowest BCUT2D eigenvalue weighted by Gasteiger charge is -2.59. The zero-order valence-corrected chi connectivity index (χ0v) is 22.3. The molecule has 0 atom stereocenters. The van der Waals surface area contributed by atoms with Crippen LogP contribution in [0.5, 0.6) is 0 Å². The van der Waals surface area contributed by atoms with Crippen molar-refractivity contribution >= 4 is 23.3 Å². The van der Waals surface area contributed by atoms with Crippen LogP contribution in [0.2, 0.25) is 5.02 Å². The fraction of sp³-hybridized carbons (Fsp3) is 0.464. The molecule has 4 aliphatic rings. The molecule has 4 heterocycles. The van der Waals surface area contributed by atoms with Crippen LogP contribution in [0.15, 0.2) is 36.4 Å². The number of hydrogen-bond acceptors (Lipinski definition) is 7. The first-order valence-electron chi connectivity index (χ1n) is 13.1. The molecule has 194 valence electrons. The van der Waals surface area contributed by atoms with Gasteiger partial charge in [0.25, 0.3) is 0 Å². The molecule has 7 rings (SSSR count). The lowest BCUT2D eigenvalue weighted by molar-refractivity contribution is -0.136. The summed E-state index contributed by atoms with van der Waals surface area (Å²) in [5.41, 5.74) is 2.40. The van der Waals surface area contributed by atoms with Crippen molar-refractivity contribution in [1.82, 2.24) is 29.5 Å². The number of anilines is 1. The van der Waals surface area contributed by atoms with Crippen LogP contribution in [0, 0.1) is 16.7 Å². The van der Waals surface area contributed by atoms with E-state index < -0.39 is 5.54 Å². The summed E-state index contributed by atoms with van der Waals surface area (Å²) >= 11 is 6.45. The fourth-order valence-electron chi connectivity index (χ4n) is 6.81. The number of likely N-dealkylation sites (N-methyl/N-ethyl adjacent to an activating group) is 1. The number of hydrogen-bond donors (Lipinski definition) is 0. The van der Waals surface area contributed by atoms with Gasteiger partial charge in [-0.15, -0.1) is 10.2 Å². The molecule has 1 aromatic carbocycles. The summed E-state index contributed by atoms with van der Waals surface area (Å²) < 4.78 is 2.23. The summed E-state index contributed by atoms with van der Waals surface area (Å²) in [6.07, 6.45) is 3.81. The van der Waals surface area contributed by atoms with Gasteiger partial charge in [0.05, 0.1) is 12.2 Å². The van der Waals surface area contributed by atoms with Crippen molar-refractivity contribution < 1.29 is 4.79 Å². The lowest BCUT2D eigenvalue weighted by atomic mass is 9.57. The molecule has 0 bridgehead atoms. The summed E-state index contributed by atoms with van der Waals surface area (Å²) in [5.74, 6) is 3.24. The minimum Gasteiger partial charge on any atom is -0.355 e. The van der Waals surface area contributed by atoms with Crippen molar-refractivity contribution in [1.29, 1.82) is 5.26 Å². The Kier molecular flexibility index (Phi) is 5.13. The molecule has 2 aromatic heterocycles. The molecular weight excluding hydrogens is 500 g/mol. The van der Waals surface area contributed by atoms with Crippen molar-refractivity contribution in [3.05, 3.63) is 64.3 Å². The summed E-state index contributed by atoms with van der Waals surface area (Å²) in [6, 6.07) is 13.8. The average Bonchev–Trinajstić information content (AvgIpc) is 3.60.